The number of para-hydroxylation sites is 1. The molecule has 0 spiro atoms. The summed E-state index contributed by atoms with van der Waals surface area (Å²) in [6.45, 7) is 0.407. The molecule has 0 aliphatic carbocycles. The first-order valence-electron chi connectivity index (χ1n) is 6.97. The van der Waals surface area contributed by atoms with E-state index in [1.54, 1.807) is 30.5 Å². The summed E-state index contributed by atoms with van der Waals surface area (Å²) < 4.78 is 6.07. The highest BCUT2D eigenvalue weighted by atomic mass is 35.5. The summed E-state index contributed by atoms with van der Waals surface area (Å²) in [6, 6.07) is 13.8. The van der Waals surface area contributed by atoms with E-state index in [1.165, 1.54) is 17.4 Å². The molecule has 0 aliphatic rings. The molecule has 24 heavy (non-hydrogen) atoms. The molecule has 0 amide bonds. The van der Waals surface area contributed by atoms with E-state index in [4.69, 9.17) is 16.3 Å². The van der Waals surface area contributed by atoms with Crippen LogP contribution in [0.5, 0.6) is 11.5 Å². The Morgan fingerprint density at radius 2 is 2.00 bits per heavy atom. The van der Waals surface area contributed by atoms with Gasteiger partial charge >= 0.3 is 0 Å². The molecule has 1 aromatic heterocycles. The molecule has 0 atom stereocenters. The summed E-state index contributed by atoms with van der Waals surface area (Å²) in [6.07, 6.45) is 1.64. The maximum atomic E-state index is 11.3. The minimum Gasteiger partial charge on any atom is -0.457 e. The number of anilines is 1. The third kappa shape index (κ3) is 4.01. The molecular weight excluding hydrogens is 350 g/mol. The van der Waals surface area contributed by atoms with Crippen molar-refractivity contribution in [1.82, 2.24) is 4.98 Å². The van der Waals surface area contributed by atoms with Gasteiger partial charge in [-0.25, -0.2) is 4.98 Å². The molecule has 0 fully saturated rings. The lowest BCUT2D eigenvalue weighted by Crippen LogP contribution is -2.01. The number of ether oxygens (including phenoxy) is 1. The average Bonchev–Trinajstić information content (AvgIpc) is 3.00. The number of aromatic nitrogens is 1. The number of hydrogen-bond acceptors (Lipinski definition) is 6. The van der Waals surface area contributed by atoms with Crippen LogP contribution in [0.1, 0.15) is 4.88 Å². The largest absolute Gasteiger partial charge is 0.457 e. The number of nitro groups is 1. The van der Waals surface area contributed by atoms with Crippen molar-refractivity contribution in [3.8, 4) is 11.5 Å². The van der Waals surface area contributed by atoms with Crippen LogP contribution in [-0.4, -0.2) is 9.91 Å². The number of hydrogen-bond donors (Lipinski definition) is 1. The van der Waals surface area contributed by atoms with Crippen molar-refractivity contribution < 1.29 is 9.66 Å². The maximum absolute atomic E-state index is 11.3. The van der Waals surface area contributed by atoms with E-state index in [0.717, 1.165) is 4.88 Å². The first-order valence-corrected chi connectivity index (χ1v) is 8.17. The first-order chi connectivity index (χ1) is 11.6. The third-order valence-corrected chi connectivity index (χ3v) is 4.24. The Bertz CT molecular complexity index is 855. The zero-order valence-corrected chi connectivity index (χ0v) is 13.9. The van der Waals surface area contributed by atoms with Crippen molar-refractivity contribution in [2.75, 3.05) is 5.32 Å². The molecule has 0 aliphatic heterocycles. The van der Waals surface area contributed by atoms with Crippen molar-refractivity contribution in [1.29, 1.82) is 0 Å². The number of benzene rings is 2. The second-order valence-corrected chi connectivity index (χ2v) is 6.48. The van der Waals surface area contributed by atoms with Crippen LogP contribution in [-0.2, 0) is 6.54 Å². The highest BCUT2D eigenvalue weighted by Crippen LogP contribution is 2.32. The minimum absolute atomic E-state index is 0.0564. The van der Waals surface area contributed by atoms with Crippen LogP contribution < -0.4 is 10.1 Å². The number of nitrogens with zero attached hydrogens (tertiary/aromatic N) is 2. The van der Waals surface area contributed by atoms with Crippen LogP contribution in [0.4, 0.5) is 11.4 Å². The Labute approximate surface area is 146 Å². The Balaban J connectivity index is 1.78. The Morgan fingerprint density at radius 3 is 2.67 bits per heavy atom. The van der Waals surface area contributed by atoms with Crippen LogP contribution in [0.3, 0.4) is 0 Å². The Kier molecular flexibility index (Phi) is 4.93. The van der Waals surface area contributed by atoms with Gasteiger partial charge in [-0.15, -0.1) is 11.3 Å². The molecule has 2 aromatic carbocycles. The number of nitrogens with one attached hydrogen (secondary N) is 1. The molecule has 0 saturated carbocycles. The number of thiazole rings is 1. The fraction of sp³-hybridized carbons (Fsp3) is 0.0625. The minimum atomic E-state index is -0.445. The van der Waals surface area contributed by atoms with Crippen molar-refractivity contribution in [3.63, 3.8) is 0 Å². The van der Waals surface area contributed by atoms with Crippen molar-refractivity contribution in [2.45, 2.75) is 6.54 Å². The van der Waals surface area contributed by atoms with Gasteiger partial charge in [-0.05, 0) is 24.3 Å². The van der Waals surface area contributed by atoms with E-state index in [9.17, 15) is 10.1 Å². The summed E-state index contributed by atoms with van der Waals surface area (Å²) in [7, 11) is 0. The lowest BCUT2D eigenvalue weighted by atomic mass is 10.2. The van der Waals surface area contributed by atoms with Crippen LogP contribution in [0.2, 0.25) is 4.47 Å². The second kappa shape index (κ2) is 7.29. The molecule has 6 nitrogen and oxygen atoms in total. The van der Waals surface area contributed by atoms with Gasteiger partial charge in [-0.2, -0.15) is 0 Å². The van der Waals surface area contributed by atoms with Crippen LogP contribution in [0.15, 0.2) is 54.7 Å². The normalized spacial score (nSPS) is 10.4. The molecule has 3 rings (SSSR count). The summed E-state index contributed by atoms with van der Waals surface area (Å²) in [5.74, 6) is 1.02. The molecule has 0 radical (unpaired) electrons. The van der Waals surface area contributed by atoms with Gasteiger partial charge in [-0.1, -0.05) is 29.8 Å². The lowest BCUT2D eigenvalue weighted by Gasteiger charge is -2.09. The third-order valence-electron chi connectivity index (χ3n) is 3.12. The summed E-state index contributed by atoms with van der Waals surface area (Å²) in [4.78, 5) is 15.7. The smallest absolute Gasteiger partial charge is 0.296 e. The van der Waals surface area contributed by atoms with Crippen molar-refractivity contribution in [2.24, 2.45) is 0 Å². The monoisotopic (exact) mass is 361 g/mol. The van der Waals surface area contributed by atoms with Gasteiger partial charge in [0, 0.05) is 11.1 Å². The highest BCUT2D eigenvalue weighted by Gasteiger charge is 2.16. The van der Waals surface area contributed by atoms with Crippen molar-refractivity contribution in [3.05, 3.63) is 74.2 Å². The maximum Gasteiger partial charge on any atom is 0.296 e. The Morgan fingerprint density at radius 1 is 1.21 bits per heavy atom. The number of rotatable bonds is 6. The van der Waals surface area contributed by atoms with Crippen LogP contribution in [0.25, 0.3) is 0 Å². The molecule has 8 heteroatoms. The van der Waals surface area contributed by atoms with Gasteiger partial charge in [0.15, 0.2) is 4.47 Å². The topological polar surface area (TPSA) is 77.3 Å². The quantitative estimate of drug-likeness (QED) is 0.487. The molecule has 0 bridgehead atoms. The molecule has 1 heterocycles. The predicted octanol–water partition coefficient (Wildman–Crippen LogP) is 5.11. The SMILES string of the molecule is O=[N+]([O-])c1cc(Oc2ccccc2)ccc1NCc1cnc(Cl)s1. The van der Waals surface area contributed by atoms with E-state index in [2.05, 4.69) is 10.3 Å². The van der Waals surface area contributed by atoms with E-state index < -0.39 is 4.92 Å². The van der Waals surface area contributed by atoms with Crippen molar-refractivity contribution >= 4 is 34.3 Å². The van der Waals surface area contributed by atoms with E-state index in [0.29, 0.717) is 28.2 Å². The van der Waals surface area contributed by atoms with Gasteiger partial charge in [0.2, 0.25) is 0 Å². The molecule has 122 valence electrons. The molecular formula is C16H12ClN3O3S. The summed E-state index contributed by atoms with van der Waals surface area (Å²) in [5, 5.41) is 14.4. The fourth-order valence-corrected chi connectivity index (χ4v) is 2.97. The highest BCUT2D eigenvalue weighted by molar-refractivity contribution is 7.15. The zero-order chi connectivity index (χ0) is 16.9. The molecule has 0 saturated heterocycles. The summed E-state index contributed by atoms with van der Waals surface area (Å²) in [5.41, 5.74) is 0.351. The fourth-order valence-electron chi connectivity index (χ4n) is 2.05. The average molecular weight is 362 g/mol. The number of halogens is 1. The van der Waals surface area contributed by atoms with Gasteiger partial charge < -0.3 is 10.1 Å². The number of nitro benzene ring substituents is 1. The molecule has 0 unspecified atom stereocenters. The Hall–Kier alpha value is -2.64. The van der Waals surface area contributed by atoms with E-state index in [1.807, 2.05) is 18.2 Å². The van der Waals surface area contributed by atoms with Crippen LogP contribution >= 0.6 is 22.9 Å². The lowest BCUT2D eigenvalue weighted by molar-refractivity contribution is -0.384. The van der Waals surface area contributed by atoms with Crippen LogP contribution in [0, 0.1) is 10.1 Å². The molecule has 3 aromatic rings. The zero-order valence-electron chi connectivity index (χ0n) is 12.3. The van der Waals surface area contributed by atoms with Gasteiger partial charge in [-0.3, -0.25) is 10.1 Å². The first kappa shape index (κ1) is 16.2. The van der Waals surface area contributed by atoms with Gasteiger partial charge in [0.05, 0.1) is 17.5 Å². The van der Waals surface area contributed by atoms with E-state index >= 15 is 0 Å². The standard InChI is InChI=1S/C16H12ClN3O3S/c17-16-19-10-13(24-16)9-18-14-7-6-12(8-15(14)20(21)22)23-11-4-2-1-3-5-11/h1-8,10,18H,9H2. The summed E-state index contributed by atoms with van der Waals surface area (Å²) >= 11 is 7.10. The second-order valence-electron chi connectivity index (χ2n) is 4.78. The van der Waals surface area contributed by atoms with Gasteiger partial charge in [0.1, 0.15) is 17.2 Å². The van der Waals surface area contributed by atoms with Gasteiger partial charge in [0.25, 0.3) is 5.69 Å². The van der Waals surface area contributed by atoms with E-state index in [-0.39, 0.29) is 5.69 Å². The molecule has 1 N–H and O–H groups in total. The predicted molar refractivity (Wildman–Crippen MR) is 94.1 cm³/mol.